The summed E-state index contributed by atoms with van der Waals surface area (Å²) in [7, 11) is 0. The van der Waals surface area contributed by atoms with Crippen molar-refractivity contribution in [1.82, 2.24) is 10.3 Å². The maximum Gasteiger partial charge on any atom is 0.407 e. The maximum atomic E-state index is 12.7. The molecule has 0 bridgehead atoms. The van der Waals surface area contributed by atoms with Gasteiger partial charge in [0.1, 0.15) is 6.61 Å². The van der Waals surface area contributed by atoms with Crippen molar-refractivity contribution in [2.45, 2.75) is 6.10 Å². The van der Waals surface area contributed by atoms with Gasteiger partial charge in [0, 0.05) is 16.0 Å². The number of cyclic esters (lactones) is 1. The summed E-state index contributed by atoms with van der Waals surface area (Å²) in [5.74, 6) is -0.494. The van der Waals surface area contributed by atoms with E-state index in [0.29, 0.717) is 33.7 Å². The number of rotatable bonds is 4. The highest BCUT2D eigenvalue weighted by atomic mass is 35.5. The van der Waals surface area contributed by atoms with E-state index < -0.39 is 18.2 Å². The minimum atomic E-state index is -0.504. The van der Waals surface area contributed by atoms with Crippen molar-refractivity contribution in [2.75, 3.05) is 13.2 Å². The Morgan fingerprint density at radius 2 is 2.00 bits per heavy atom. The van der Waals surface area contributed by atoms with E-state index in [9.17, 15) is 9.59 Å². The molecule has 136 valence electrons. The number of amides is 1. The largest absolute Gasteiger partial charge is 0.458 e. The van der Waals surface area contributed by atoms with Gasteiger partial charge in [0.2, 0.25) is 0 Å². The van der Waals surface area contributed by atoms with Crippen LogP contribution in [-0.4, -0.2) is 36.3 Å². The second kappa shape index (κ2) is 7.25. The first-order chi connectivity index (χ1) is 13.1. The summed E-state index contributed by atoms with van der Waals surface area (Å²) in [5.41, 5.74) is 2.58. The molecule has 0 spiro atoms. The minimum absolute atomic E-state index is 0.00942. The summed E-state index contributed by atoms with van der Waals surface area (Å²) in [4.78, 5) is 28.4. The van der Waals surface area contributed by atoms with Gasteiger partial charge in [-0.3, -0.25) is 0 Å². The van der Waals surface area contributed by atoms with Crippen LogP contribution in [0.2, 0.25) is 5.02 Å². The van der Waals surface area contributed by atoms with Gasteiger partial charge in [-0.05, 0) is 24.3 Å². The number of aromatic nitrogens is 1. The molecule has 0 unspecified atom stereocenters. The van der Waals surface area contributed by atoms with Crippen LogP contribution in [0.4, 0.5) is 4.79 Å². The van der Waals surface area contributed by atoms with Gasteiger partial charge in [0.05, 0.1) is 23.3 Å². The normalized spacial score (nSPS) is 16.0. The monoisotopic (exact) mass is 382 g/mol. The average molecular weight is 383 g/mol. The van der Waals surface area contributed by atoms with Crippen LogP contribution >= 0.6 is 11.6 Å². The molecule has 1 fully saturated rings. The first-order valence-corrected chi connectivity index (χ1v) is 8.75. The molecule has 27 heavy (non-hydrogen) atoms. The van der Waals surface area contributed by atoms with Crippen molar-refractivity contribution in [2.24, 2.45) is 0 Å². The molecule has 2 heterocycles. The lowest BCUT2D eigenvalue weighted by atomic mass is 10.0. The first-order valence-electron chi connectivity index (χ1n) is 8.37. The summed E-state index contributed by atoms with van der Waals surface area (Å²) in [6, 6.07) is 16.3. The third kappa shape index (κ3) is 3.71. The molecule has 2 aromatic carbocycles. The number of alkyl carbamates (subject to hydrolysis) is 1. The molecular weight excluding hydrogens is 368 g/mol. The lowest BCUT2D eigenvalue weighted by molar-refractivity contribution is 0.0302. The number of benzene rings is 2. The summed E-state index contributed by atoms with van der Waals surface area (Å²) < 4.78 is 10.4. The third-order valence-corrected chi connectivity index (χ3v) is 4.48. The zero-order chi connectivity index (χ0) is 18.8. The molecule has 1 aliphatic heterocycles. The van der Waals surface area contributed by atoms with Crippen molar-refractivity contribution < 1.29 is 19.1 Å². The van der Waals surface area contributed by atoms with E-state index in [-0.39, 0.29) is 6.61 Å². The van der Waals surface area contributed by atoms with E-state index in [1.165, 1.54) is 0 Å². The zero-order valence-electron chi connectivity index (χ0n) is 14.1. The zero-order valence-corrected chi connectivity index (χ0v) is 14.9. The summed E-state index contributed by atoms with van der Waals surface area (Å²) in [6.07, 6.45) is -0.985. The fraction of sp³-hybridized carbons (Fsp3) is 0.150. The van der Waals surface area contributed by atoms with Crippen molar-refractivity contribution >= 4 is 34.6 Å². The van der Waals surface area contributed by atoms with E-state index >= 15 is 0 Å². The fourth-order valence-corrected chi connectivity index (χ4v) is 3.01. The van der Waals surface area contributed by atoms with Gasteiger partial charge in [-0.2, -0.15) is 0 Å². The number of nitrogens with one attached hydrogen (secondary N) is 1. The average Bonchev–Trinajstić information content (AvgIpc) is 3.11. The third-order valence-electron chi connectivity index (χ3n) is 4.22. The van der Waals surface area contributed by atoms with Crippen LogP contribution in [0.5, 0.6) is 0 Å². The SMILES string of the molecule is O=C1NC[C@H](COC(=O)c2cc(-c3ccc(Cl)cc3)nc3ccccc23)O1. The number of hydrogen-bond donors (Lipinski definition) is 1. The number of esters is 1. The number of para-hydroxylation sites is 1. The molecule has 1 aliphatic rings. The minimum Gasteiger partial charge on any atom is -0.458 e. The Kier molecular flexibility index (Phi) is 4.64. The topological polar surface area (TPSA) is 77.5 Å². The Balaban J connectivity index is 1.66. The number of pyridine rings is 1. The smallest absolute Gasteiger partial charge is 0.407 e. The second-order valence-electron chi connectivity index (χ2n) is 6.09. The molecule has 3 aromatic rings. The van der Waals surface area contributed by atoms with E-state index in [1.54, 1.807) is 18.2 Å². The molecule has 0 aliphatic carbocycles. The van der Waals surface area contributed by atoms with Crippen LogP contribution in [0, 0.1) is 0 Å². The highest BCUT2D eigenvalue weighted by Gasteiger charge is 2.24. The molecule has 1 amide bonds. The molecule has 4 rings (SSSR count). The van der Waals surface area contributed by atoms with Gasteiger partial charge in [-0.25, -0.2) is 14.6 Å². The fourth-order valence-electron chi connectivity index (χ4n) is 2.88. The molecule has 1 aromatic heterocycles. The predicted octanol–water partition coefficient (Wildman–Crippen LogP) is 3.82. The van der Waals surface area contributed by atoms with Crippen LogP contribution in [0.25, 0.3) is 22.2 Å². The van der Waals surface area contributed by atoms with Crippen LogP contribution in [0.1, 0.15) is 10.4 Å². The lowest BCUT2D eigenvalue weighted by Crippen LogP contribution is -2.22. The number of fused-ring (bicyclic) bond motifs is 1. The van der Waals surface area contributed by atoms with E-state index in [2.05, 4.69) is 10.3 Å². The Morgan fingerprint density at radius 1 is 1.22 bits per heavy atom. The van der Waals surface area contributed by atoms with Crippen molar-refractivity contribution in [3.05, 3.63) is 65.2 Å². The van der Waals surface area contributed by atoms with Gasteiger partial charge in [-0.1, -0.05) is 41.9 Å². The van der Waals surface area contributed by atoms with Gasteiger partial charge >= 0.3 is 12.1 Å². The summed E-state index contributed by atoms with van der Waals surface area (Å²) >= 11 is 5.95. The molecule has 1 N–H and O–H groups in total. The predicted molar refractivity (Wildman–Crippen MR) is 101 cm³/mol. The van der Waals surface area contributed by atoms with Crippen LogP contribution in [0.15, 0.2) is 54.6 Å². The molecule has 1 saturated heterocycles. The van der Waals surface area contributed by atoms with Gasteiger partial charge in [-0.15, -0.1) is 0 Å². The summed E-state index contributed by atoms with van der Waals surface area (Å²) in [6.45, 7) is 0.309. The highest BCUT2D eigenvalue weighted by molar-refractivity contribution is 6.30. The Labute approximate surface area is 160 Å². The number of halogens is 1. The van der Waals surface area contributed by atoms with Gasteiger partial charge < -0.3 is 14.8 Å². The van der Waals surface area contributed by atoms with Gasteiger partial charge in [0.25, 0.3) is 0 Å². The molecule has 0 saturated carbocycles. The van der Waals surface area contributed by atoms with Crippen LogP contribution < -0.4 is 5.32 Å². The van der Waals surface area contributed by atoms with E-state index in [4.69, 9.17) is 21.1 Å². The molecule has 0 radical (unpaired) electrons. The Bertz CT molecular complexity index is 1020. The van der Waals surface area contributed by atoms with Crippen molar-refractivity contribution in [3.8, 4) is 11.3 Å². The molecule has 7 heteroatoms. The number of hydrogen-bond acceptors (Lipinski definition) is 5. The number of carbonyl (C=O) groups excluding carboxylic acids is 2. The second-order valence-corrected chi connectivity index (χ2v) is 6.52. The molecule has 6 nitrogen and oxygen atoms in total. The van der Waals surface area contributed by atoms with Crippen molar-refractivity contribution in [3.63, 3.8) is 0 Å². The standard InChI is InChI=1S/C20H15ClN2O4/c21-13-7-5-12(6-8-13)18-9-16(15-3-1-2-4-17(15)23-18)19(24)26-11-14-10-22-20(25)27-14/h1-9,14H,10-11H2,(H,22,25)/t14-/m1/s1. The first kappa shape index (κ1) is 17.3. The molecule has 1 atom stereocenters. The Hall–Kier alpha value is -3.12. The van der Waals surface area contributed by atoms with Crippen molar-refractivity contribution in [1.29, 1.82) is 0 Å². The highest BCUT2D eigenvalue weighted by Crippen LogP contribution is 2.26. The number of ether oxygens (including phenoxy) is 2. The van der Waals surface area contributed by atoms with E-state index in [1.807, 2.05) is 36.4 Å². The quantitative estimate of drug-likeness (QED) is 0.694. The summed E-state index contributed by atoms with van der Waals surface area (Å²) in [5, 5.41) is 3.84. The lowest BCUT2D eigenvalue weighted by Gasteiger charge is -2.12. The van der Waals surface area contributed by atoms with Crippen LogP contribution in [0.3, 0.4) is 0 Å². The van der Waals surface area contributed by atoms with E-state index in [0.717, 1.165) is 5.56 Å². The van der Waals surface area contributed by atoms with Crippen LogP contribution in [-0.2, 0) is 9.47 Å². The Morgan fingerprint density at radius 3 is 2.74 bits per heavy atom. The number of carbonyl (C=O) groups is 2. The maximum absolute atomic E-state index is 12.7. The number of nitrogens with zero attached hydrogens (tertiary/aromatic N) is 1. The van der Waals surface area contributed by atoms with Gasteiger partial charge in [0.15, 0.2) is 6.10 Å². The molecular formula is C20H15ClN2O4.